The summed E-state index contributed by atoms with van der Waals surface area (Å²) in [7, 11) is 0. The van der Waals surface area contributed by atoms with Crippen molar-refractivity contribution in [3.63, 3.8) is 0 Å². The third kappa shape index (κ3) is 6.06. The van der Waals surface area contributed by atoms with Gasteiger partial charge in [0.25, 0.3) is 0 Å². The molecule has 0 aliphatic heterocycles. The summed E-state index contributed by atoms with van der Waals surface area (Å²) in [5, 5.41) is -0.348. The smallest absolute Gasteiger partial charge is 0.166 e. The predicted molar refractivity (Wildman–Crippen MR) is 227 cm³/mol. The van der Waals surface area contributed by atoms with Crippen molar-refractivity contribution in [3.05, 3.63) is 206 Å². The third-order valence-electron chi connectivity index (χ3n) is 9.39. The molecule has 8 aromatic carbocycles. The maximum absolute atomic E-state index is 9.76. The Balaban J connectivity index is 1.37. The van der Waals surface area contributed by atoms with Crippen molar-refractivity contribution in [3.8, 4) is 73.2 Å². The van der Waals surface area contributed by atoms with E-state index in [9.17, 15) is 6.85 Å². The van der Waals surface area contributed by atoms with Crippen molar-refractivity contribution in [1.82, 2.24) is 19.5 Å². The Labute approximate surface area is 336 Å². The van der Waals surface area contributed by atoms with Crippen LogP contribution in [-0.4, -0.2) is 19.5 Å². The van der Waals surface area contributed by atoms with Crippen LogP contribution in [0.2, 0.25) is 0 Å². The number of aromatic nitrogens is 4. The summed E-state index contributed by atoms with van der Waals surface area (Å²) in [4.78, 5) is 14.9. The van der Waals surface area contributed by atoms with Gasteiger partial charge in [-0.05, 0) is 69.7 Å². The molecule has 10 rings (SSSR count). The van der Waals surface area contributed by atoms with E-state index in [2.05, 4.69) is 0 Å². The molecule has 0 saturated heterocycles. The van der Waals surface area contributed by atoms with Crippen LogP contribution in [-0.2, 0) is 0 Å². The van der Waals surface area contributed by atoms with E-state index in [0.717, 1.165) is 16.7 Å². The van der Waals surface area contributed by atoms with Crippen LogP contribution in [0, 0.1) is 0 Å². The molecule has 258 valence electrons. The topological polar surface area (TPSA) is 43.6 Å². The molecule has 55 heavy (non-hydrogen) atoms. The predicted octanol–water partition coefficient (Wildman–Crippen LogP) is 13.0. The fraction of sp³-hybridized carbons (Fsp3) is 0. The lowest BCUT2D eigenvalue weighted by atomic mass is 9.97. The van der Waals surface area contributed by atoms with Gasteiger partial charge in [-0.1, -0.05) is 170 Å². The molecule has 0 spiro atoms. The number of hydrogen-bond acceptors (Lipinski definition) is 3. The van der Waals surface area contributed by atoms with Gasteiger partial charge in [-0.2, -0.15) is 0 Å². The van der Waals surface area contributed by atoms with Crippen molar-refractivity contribution in [2.45, 2.75) is 0 Å². The van der Waals surface area contributed by atoms with Gasteiger partial charge in [-0.25, -0.2) is 15.0 Å². The van der Waals surface area contributed by atoms with E-state index in [1.165, 1.54) is 4.57 Å². The lowest BCUT2D eigenvalue weighted by molar-refractivity contribution is 1.06. The van der Waals surface area contributed by atoms with Gasteiger partial charge in [0.15, 0.2) is 17.5 Å². The SMILES string of the molecule is [2H]c1c([2H])c([2H])c(-c2c([2H])c([2H])c3c(c2[2H])c2c([2H])c([2H])c([2H])c([2H])c2n3-c2cc(-c3cccc(-c4ccccc4)c3)ccc2-c2nc(-c3ccccc3)nc(-c3ccccc3)n2)c([2H])c1[2H]. The second-order valence-electron chi connectivity index (χ2n) is 12.7. The number of rotatable bonds is 7. The van der Waals surface area contributed by atoms with E-state index >= 15 is 0 Å². The van der Waals surface area contributed by atoms with E-state index < -0.39 is 83.6 Å². The van der Waals surface area contributed by atoms with Crippen LogP contribution in [0.1, 0.15) is 16.4 Å². The molecular formula is C51H34N4. The van der Waals surface area contributed by atoms with Crippen LogP contribution < -0.4 is 0 Å². The molecule has 0 bridgehead atoms. The van der Waals surface area contributed by atoms with Crippen molar-refractivity contribution in [2.75, 3.05) is 0 Å². The van der Waals surface area contributed by atoms with Crippen molar-refractivity contribution in [1.29, 1.82) is 0 Å². The Morgan fingerprint density at radius 1 is 0.364 bits per heavy atom. The average molecular weight is 715 g/mol. The number of para-hydroxylation sites is 1. The summed E-state index contributed by atoms with van der Waals surface area (Å²) in [5.41, 5.74) is 4.10. The Kier molecular flexibility index (Phi) is 5.52. The zero-order valence-electron chi connectivity index (χ0n) is 41.0. The van der Waals surface area contributed by atoms with Crippen LogP contribution in [0.15, 0.2) is 206 Å². The van der Waals surface area contributed by atoms with Gasteiger partial charge in [0.1, 0.15) is 0 Å². The molecule has 4 nitrogen and oxygen atoms in total. The number of nitrogens with zero attached hydrogens (tertiary/aromatic N) is 4. The van der Waals surface area contributed by atoms with Crippen molar-refractivity contribution >= 4 is 21.8 Å². The van der Waals surface area contributed by atoms with E-state index in [-0.39, 0.29) is 33.3 Å². The highest BCUT2D eigenvalue weighted by atomic mass is 15.1. The summed E-state index contributed by atoms with van der Waals surface area (Å²) in [6.07, 6.45) is 0. The zero-order valence-corrected chi connectivity index (χ0v) is 29.0. The number of benzene rings is 8. The quantitative estimate of drug-likeness (QED) is 0.165. The Morgan fingerprint density at radius 3 is 1.60 bits per heavy atom. The van der Waals surface area contributed by atoms with Crippen LogP contribution in [0.4, 0.5) is 0 Å². The lowest BCUT2D eigenvalue weighted by Crippen LogP contribution is -2.04. The van der Waals surface area contributed by atoms with Crippen LogP contribution in [0.25, 0.3) is 95.0 Å². The first-order valence-electron chi connectivity index (χ1n) is 23.6. The minimum atomic E-state index is -0.703. The maximum Gasteiger partial charge on any atom is 0.166 e. The Bertz CT molecular complexity index is 3570. The Morgan fingerprint density at radius 2 is 0.909 bits per heavy atom. The van der Waals surface area contributed by atoms with Gasteiger partial charge in [-0.15, -0.1) is 0 Å². The molecule has 0 radical (unpaired) electrons. The maximum atomic E-state index is 9.76. The van der Waals surface area contributed by atoms with E-state index in [1.807, 2.05) is 121 Å². The van der Waals surface area contributed by atoms with Gasteiger partial charge in [0.2, 0.25) is 0 Å². The molecule has 2 aromatic heterocycles. The highest BCUT2D eigenvalue weighted by molar-refractivity contribution is 6.11. The second kappa shape index (κ2) is 13.8. The third-order valence-corrected chi connectivity index (χ3v) is 9.39. The highest BCUT2D eigenvalue weighted by Gasteiger charge is 2.21. The molecule has 0 atom stereocenters. The highest BCUT2D eigenvalue weighted by Crippen LogP contribution is 2.40. The largest absolute Gasteiger partial charge is 0.308 e. The summed E-state index contributed by atoms with van der Waals surface area (Å²) >= 11 is 0. The van der Waals surface area contributed by atoms with Crippen molar-refractivity contribution in [2.24, 2.45) is 0 Å². The number of hydrogen-bond donors (Lipinski definition) is 0. The van der Waals surface area contributed by atoms with Gasteiger partial charge in [0, 0.05) is 27.5 Å². The molecule has 0 saturated carbocycles. The summed E-state index contributed by atoms with van der Waals surface area (Å²) < 4.78 is 110. The van der Waals surface area contributed by atoms with E-state index in [1.54, 1.807) is 12.1 Å². The first kappa shape index (κ1) is 21.9. The van der Waals surface area contributed by atoms with Crippen LogP contribution in [0.5, 0.6) is 0 Å². The summed E-state index contributed by atoms with van der Waals surface area (Å²) in [5.74, 6) is 0.846. The molecule has 0 unspecified atom stereocenters. The van der Waals surface area contributed by atoms with Gasteiger partial charge in [-0.3, -0.25) is 0 Å². The lowest BCUT2D eigenvalue weighted by Gasteiger charge is -2.17. The summed E-state index contributed by atoms with van der Waals surface area (Å²) in [6.45, 7) is 0. The average Bonchev–Trinajstić information content (AvgIpc) is 3.74. The normalized spacial score (nSPS) is 14.3. The van der Waals surface area contributed by atoms with E-state index in [0.29, 0.717) is 33.9 Å². The molecule has 0 fully saturated rings. The first-order chi connectivity index (χ1) is 32.3. The molecule has 0 N–H and O–H groups in total. The minimum Gasteiger partial charge on any atom is -0.308 e. The molecule has 4 heteroatoms. The van der Waals surface area contributed by atoms with Crippen LogP contribution >= 0.6 is 0 Å². The van der Waals surface area contributed by atoms with Gasteiger partial charge in [0.05, 0.1) is 33.2 Å². The molecule has 2 heterocycles. The fourth-order valence-corrected chi connectivity index (χ4v) is 6.78. The molecule has 0 aliphatic carbocycles. The zero-order chi connectivity index (χ0) is 47.0. The van der Waals surface area contributed by atoms with Crippen LogP contribution in [0.3, 0.4) is 0 Å². The van der Waals surface area contributed by atoms with Crippen molar-refractivity contribution < 1.29 is 16.4 Å². The summed E-state index contributed by atoms with van der Waals surface area (Å²) in [6, 6.07) is 34.3. The second-order valence-corrected chi connectivity index (χ2v) is 12.7. The standard InChI is InChI=1S/C51H34N4/c1-5-16-35(17-6-1)39-24-15-25-40(32-39)42-28-30-44(51-53-49(37-20-9-3-10-21-37)52-50(54-51)38-22-11-4-12-23-38)48(34-42)55-46-27-14-13-26-43(46)45-33-41(29-31-47(45)55)36-18-7-2-8-19-36/h1-34H/i2D,7D,8D,13D,14D,18D,19D,26D,27D,29D,31D,33D. The molecule has 10 aromatic rings. The fourth-order valence-electron chi connectivity index (χ4n) is 6.78. The van der Waals surface area contributed by atoms with Gasteiger partial charge < -0.3 is 4.57 Å². The Hall–Kier alpha value is -7.43. The molecule has 0 aliphatic rings. The molecule has 0 amide bonds. The van der Waals surface area contributed by atoms with E-state index in [4.69, 9.17) is 24.5 Å². The monoisotopic (exact) mass is 714 g/mol. The number of fused-ring (bicyclic) bond motifs is 3. The first-order valence-corrected chi connectivity index (χ1v) is 17.6. The minimum absolute atomic E-state index is 0.127. The van der Waals surface area contributed by atoms with Gasteiger partial charge >= 0.3 is 0 Å². The molecular weight excluding hydrogens is 669 g/mol.